The normalized spacial score (nSPS) is 14.5. The Morgan fingerprint density at radius 3 is 2.67 bits per heavy atom. The summed E-state index contributed by atoms with van der Waals surface area (Å²) in [6.07, 6.45) is 6.63. The molecule has 0 atom stereocenters. The lowest BCUT2D eigenvalue weighted by atomic mass is 10.0. The molecule has 0 radical (unpaired) electrons. The van der Waals surface area contributed by atoms with Gasteiger partial charge in [0.05, 0.1) is 6.61 Å². The molecule has 1 N–H and O–H groups in total. The van der Waals surface area contributed by atoms with E-state index in [1.54, 1.807) is 0 Å². The lowest BCUT2D eigenvalue weighted by Gasteiger charge is -2.09. The molecule has 3 heteroatoms. The third-order valence-corrected chi connectivity index (χ3v) is 4.18. The molecular weight excluding hydrogens is 298 g/mol. The largest absolute Gasteiger partial charge is 0.493 e. The number of amides is 1. The Kier molecular flexibility index (Phi) is 5.32. The molecule has 1 aliphatic heterocycles. The molecule has 124 valence electrons. The van der Waals surface area contributed by atoms with Crippen molar-refractivity contribution in [2.24, 2.45) is 0 Å². The third kappa shape index (κ3) is 3.67. The minimum Gasteiger partial charge on any atom is -0.493 e. The van der Waals surface area contributed by atoms with Crippen LogP contribution in [0, 0.1) is 0 Å². The first-order valence-corrected chi connectivity index (χ1v) is 8.64. The van der Waals surface area contributed by atoms with Crippen molar-refractivity contribution in [2.75, 3.05) is 11.9 Å². The molecule has 0 spiro atoms. The summed E-state index contributed by atoms with van der Waals surface area (Å²) >= 11 is 0. The van der Waals surface area contributed by atoms with Gasteiger partial charge in [-0.15, -0.1) is 0 Å². The Morgan fingerprint density at radius 1 is 1.00 bits per heavy atom. The summed E-state index contributed by atoms with van der Waals surface area (Å²) in [6, 6.07) is 15.6. The molecule has 0 saturated carbocycles. The van der Waals surface area contributed by atoms with Gasteiger partial charge in [-0.05, 0) is 24.6 Å². The van der Waals surface area contributed by atoms with E-state index in [2.05, 4.69) is 12.2 Å². The van der Waals surface area contributed by atoms with Gasteiger partial charge in [0.2, 0.25) is 0 Å². The maximum Gasteiger partial charge on any atom is 0.256 e. The van der Waals surface area contributed by atoms with Crippen LogP contribution in [0.2, 0.25) is 0 Å². The fraction of sp³-hybridized carbons (Fsp3) is 0.286. The van der Waals surface area contributed by atoms with E-state index in [4.69, 9.17) is 4.74 Å². The third-order valence-electron chi connectivity index (χ3n) is 4.18. The van der Waals surface area contributed by atoms with Crippen molar-refractivity contribution >= 4 is 23.2 Å². The number of fused-ring (bicyclic) bond motifs is 1. The molecule has 1 heterocycles. The van der Waals surface area contributed by atoms with Gasteiger partial charge < -0.3 is 10.1 Å². The number of hydrogen-bond acceptors (Lipinski definition) is 2. The van der Waals surface area contributed by atoms with E-state index in [9.17, 15) is 4.79 Å². The number of rotatable bonds is 7. The summed E-state index contributed by atoms with van der Waals surface area (Å²) in [5, 5.41) is 2.91. The Hall–Kier alpha value is -2.55. The topological polar surface area (TPSA) is 38.3 Å². The Balaban J connectivity index is 1.79. The van der Waals surface area contributed by atoms with E-state index < -0.39 is 0 Å². The van der Waals surface area contributed by atoms with E-state index in [1.807, 2.05) is 54.6 Å². The predicted octanol–water partition coefficient (Wildman–Crippen LogP) is 5.14. The highest BCUT2D eigenvalue weighted by Crippen LogP contribution is 2.34. The van der Waals surface area contributed by atoms with Crippen LogP contribution in [0.1, 0.15) is 43.7 Å². The molecule has 3 nitrogen and oxygen atoms in total. The van der Waals surface area contributed by atoms with Crippen molar-refractivity contribution in [2.45, 2.75) is 32.6 Å². The molecule has 0 aromatic heterocycles. The molecule has 0 saturated heterocycles. The number of nitrogens with one attached hydrogen (secondary N) is 1. The monoisotopic (exact) mass is 321 g/mol. The van der Waals surface area contributed by atoms with Gasteiger partial charge in [-0.1, -0.05) is 62.6 Å². The van der Waals surface area contributed by atoms with Crippen LogP contribution in [0.3, 0.4) is 0 Å². The number of carbonyl (C=O) groups is 1. The van der Waals surface area contributed by atoms with Gasteiger partial charge in [0.15, 0.2) is 0 Å². The van der Waals surface area contributed by atoms with E-state index in [1.165, 1.54) is 19.3 Å². The smallest absolute Gasteiger partial charge is 0.256 e. The second-order valence-electron chi connectivity index (χ2n) is 6.00. The summed E-state index contributed by atoms with van der Waals surface area (Å²) in [5.41, 5.74) is 3.44. The average Bonchev–Trinajstić information content (AvgIpc) is 2.92. The van der Waals surface area contributed by atoms with Crippen LogP contribution in [0.15, 0.2) is 48.5 Å². The lowest BCUT2D eigenvalue weighted by molar-refractivity contribution is -0.110. The van der Waals surface area contributed by atoms with Crippen LogP contribution in [-0.4, -0.2) is 12.5 Å². The number of para-hydroxylation sites is 2. The summed E-state index contributed by atoms with van der Waals surface area (Å²) < 4.78 is 5.94. The summed E-state index contributed by atoms with van der Waals surface area (Å²) in [7, 11) is 0. The first kappa shape index (κ1) is 16.3. The van der Waals surface area contributed by atoms with Gasteiger partial charge in [0.25, 0.3) is 5.91 Å². The molecular formula is C21H23NO2. The molecule has 0 bridgehead atoms. The van der Waals surface area contributed by atoms with Crippen molar-refractivity contribution in [3.63, 3.8) is 0 Å². The number of hydrogen-bond donors (Lipinski definition) is 1. The van der Waals surface area contributed by atoms with Crippen LogP contribution >= 0.6 is 0 Å². The zero-order valence-electron chi connectivity index (χ0n) is 14.0. The average molecular weight is 321 g/mol. The van der Waals surface area contributed by atoms with Gasteiger partial charge in [-0.2, -0.15) is 0 Å². The van der Waals surface area contributed by atoms with E-state index in [-0.39, 0.29) is 5.91 Å². The number of anilines is 1. The maximum atomic E-state index is 12.3. The molecule has 0 aliphatic carbocycles. The summed E-state index contributed by atoms with van der Waals surface area (Å²) in [6.45, 7) is 2.91. The molecule has 3 rings (SSSR count). The fourth-order valence-corrected chi connectivity index (χ4v) is 2.88. The van der Waals surface area contributed by atoms with Crippen molar-refractivity contribution < 1.29 is 9.53 Å². The van der Waals surface area contributed by atoms with Crippen molar-refractivity contribution in [3.05, 3.63) is 59.7 Å². The van der Waals surface area contributed by atoms with Crippen LogP contribution in [-0.2, 0) is 4.79 Å². The first-order chi connectivity index (χ1) is 11.8. The second-order valence-corrected chi connectivity index (χ2v) is 6.00. The Morgan fingerprint density at radius 2 is 1.79 bits per heavy atom. The minimum absolute atomic E-state index is 0.0612. The zero-order valence-corrected chi connectivity index (χ0v) is 14.0. The number of ether oxygens (including phenoxy) is 1. The van der Waals surface area contributed by atoms with Gasteiger partial charge in [0, 0.05) is 22.4 Å². The number of benzene rings is 2. The molecule has 2 aromatic carbocycles. The molecule has 1 aliphatic rings. The Labute approximate surface area is 143 Å². The predicted molar refractivity (Wildman–Crippen MR) is 99.0 cm³/mol. The van der Waals surface area contributed by atoms with E-state index in [0.717, 1.165) is 29.0 Å². The van der Waals surface area contributed by atoms with E-state index in [0.29, 0.717) is 12.2 Å². The van der Waals surface area contributed by atoms with Crippen molar-refractivity contribution in [1.82, 2.24) is 0 Å². The van der Waals surface area contributed by atoms with Gasteiger partial charge >= 0.3 is 0 Å². The summed E-state index contributed by atoms with van der Waals surface area (Å²) in [5.74, 6) is 0.771. The van der Waals surface area contributed by atoms with Crippen molar-refractivity contribution in [1.29, 1.82) is 0 Å². The first-order valence-electron chi connectivity index (χ1n) is 8.64. The van der Waals surface area contributed by atoms with Crippen LogP contribution in [0.4, 0.5) is 5.69 Å². The van der Waals surface area contributed by atoms with Gasteiger partial charge in [-0.3, -0.25) is 4.79 Å². The quantitative estimate of drug-likeness (QED) is 0.566. The molecule has 0 unspecified atom stereocenters. The highest BCUT2D eigenvalue weighted by atomic mass is 16.5. The van der Waals surface area contributed by atoms with Crippen LogP contribution in [0.25, 0.3) is 11.6 Å². The lowest BCUT2D eigenvalue weighted by Crippen LogP contribution is -2.04. The highest BCUT2D eigenvalue weighted by molar-refractivity contribution is 6.35. The molecule has 2 aromatic rings. The van der Waals surface area contributed by atoms with Gasteiger partial charge in [0.1, 0.15) is 5.75 Å². The van der Waals surface area contributed by atoms with Gasteiger partial charge in [-0.25, -0.2) is 0 Å². The SMILES string of the molecule is CCCCCCOc1ccccc1/C=C1\C(=O)Nc2ccccc21. The molecule has 1 amide bonds. The second kappa shape index (κ2) is 7.82. The molecule has 24 heavy (non-hydrogen) atoms. The zero-order chi connectivity index (χ0) is 16.8. The van der Waals surface area contributed by atoms with Crippen molar-refractivity contribution in [3.8, 4) is 5.75 Å². The van der Waals surface area contributed by atoms with Crippen LogP contribution in [0.5, 0.6) is 5.75 Å². The summed E-state index contributed by atoms with van der Waals surface area (Å²) in [4.78, 5) is 12.3. The standard InChI is InChI=1S/C21H23NO2/c1-2-3-4-9-14-24-20-13-8-5-10-16(20)15-18-17-11-6-7-12-19(17)22-21(18)23/h5-8,10-13,15H,2-4,9,14H2,1H3,(H,22,23)/b18-15-. The maximum absolute atomic E-state index is 12.3. The Bertz CT molecular complexity index is 749. The van der Waals surface area contributed by atoms with E-state index >= 15 is 0 Å². The fourth-order valence-electron chi connectivity index (χ4n) is 2.88. The number of unbranched alkanes of at least 4 members (excludes halogenated alkanes) is 3. The highest BCUT2D eigenvalue weighted by Gasteiger charge is 2.23. The minimum atomic E-state index is -0.0612. The molecule has 0 fully saturated rings. The van der Waals surface area contributed by atoms with Crippen LogP contribution < -0.4 is 10.1 Å². The number of carbonyl (C=O) groups excluding carboxylic acids is 1.